The Morgan fingerprint density at radius 3 is 2.41 bits per heavy atom. The number of anilines is 1. The highest BCUT2D eigenvalue weighted by molar-refractivity contribution is 6.09. The van der Waals surface area contributed by atoms with Gasteiger partial charge in [-0.25, -0.2) is 0 Å². The van der Waals surface area contributed by atoms with Gasteiger partial charge in [-0.05, 0) is 38.1 Å². The predicted octanol–water partition coefficient (Wildman–Crippen LogP) is 4.56. The normalized spacial score (nSPS) is 14.9. The van der Waals surface area contributed by atoms with Gasteiger partial charge in [-0.1, -0.05) is 18.2 Å². The van der Waals surface area contributed by atoms with Crippen LogP contribution in [0.4, 0.5) is 5.69 Å². The highest BCUT2D eigenvalue weighted by atomic mass is 15.3. The molecule has 0 N–H and O–H groups in total. The minimum absolute atomic E-state index is 0.450. The summed E-state index contributed by atoms with van der Waals surface area (Å²) in [6, 6.07) is 16.0. The van der Waals surface area contributed by atoms with Gasteiger partial charge in [0.05, 0.1) is 6.67 Å². The molecule has 0 fully saturated rings. The largest absolute Gasteiger partial charge is 0.361 e. The summed E-state index contributed by atoms with van der Waals surface area (Å²) in [4.78, 5) is 4.46. The van der Waals surface area contributed by atoms with E-state index in [4.69, 9.17) is 0 Å². The van der Waals surface area contributed by atoms with Gasteiger partial charge in [0.15, 0.2) is 0 Å². The zero-order chi connectivity index (χ0) is 15.3. The van der Waals surface area contributed by atoms with Gasteiger partial charge in [0, 0.05) is 53.0 Å². The Morgan fingerprint density at radius 2 is 1.68 bits per heavy atom. The number of para-hydroxylation sites is 1. The minimum atomic E-state index is 0.450. The van der Waals surface area contributed by atoms with Crippen LogP contribution in [0.15, 0.2) is 54.9 Å². The van der Waals surface area contributed by atoms with E-state index in [2.05, 4.69) is 90.1 Å². The Labute approximate surface area is 131 Å². The Hall–Kier alpha value is -2.42. The molecule has 0 bridgehead atoms. The van der Waals surface area contributed by atoms with Crippen molar-refractivity contribution < 1.29 is 0 Å². The second-order valence-corrected chi connectivity index (χ2v) is 6.35. The van der Waals surface area contributed by atoms with E-state index in [-0.39, 0.29) is 0 Å². The number of nitrogens with zero attached hydrogens (tertiary/aromatic N) is 3. The van der Waals surface area contributed by atoms with Gasteiger partial charge in [0.2, 0.25) is 0 Å². The number of rotatable bonds is 2. The molecule has 22 heavy (non-hydrogen) atoms. The maximum absolute atomic E-state index is 2.43. The smallest absolute Gasteiger partial charge is 0.0938 e. The zero-order valence-corrected chi connectivity index (χ0v) is 13.3. The molecular formula is C19H21N3. The fourth-order valence-corrected chi connectivity index (χ4v) is 3.42. The molecule has 1 aromatic heterocycles. The number of hydrogen-bond acceptors (Lipinski definition) is 2. The minimum Gasteiger partial charge on any atom is -0.361 e. The third-order valence-corrected chi connectivity index (χ3v) is 4.42. The maximum atomic E-state index is 2.43. The molecule has 3 nitrogen and oxygen atoms in total. The monoisotopic (exact) mass is 291 g/mol. The molecule has 1 aliphatic heterocycles. The average Bonchev–Trinajstić information content (AvgIpc) is 3.08. The Kier molecular flexibility index (Phi) is 2.89. The zero-order valence-electron chi connectivity index (χ0n) is 13.3. The van der Waals surface area contributed by atoms with Crippen LogP contribution in [-0.2, 0) is 0 Å². The fourth-order valence-electron chi connectivity index (χ4n) is 3.42. The van der Waals surface area contributed by atoms with Crippen molar-refractivity contribution in [2.45, 2.75) is 19.9 Å². The highest BCUT2D eigenvalue weighted by Crippen LogP contribution is 2.34. The van der Waals surface area contributed by atoms with Crippen LogP contribution >= 0.6 is 0 Å². The molecule has 0 spiro atoms. The molecule has 2 heterocycles. The second-order valence-electron chi connectivity index (χ2n) is 6.35. The first kappa shape index (κ1) is 13.3. The van der Waals surface area contributed by atoms with Gasteiger partial charge in [-0.3, -0.25) is 0 Å². The third-order valence-electron chi connectivity index (χ3n) is 4.42. The van der Waals surface area contributed by atoms with Crippen LogP contribution in [-0.4, -0.2) is 23.2 Å². The van der Waals surface area contributed by atoms with Crippen molar-refractivity contribution in [2.75, 3.05) is 18.6 Å². The first-order valence-electron chi connectivity index (χ1n) is 7.83. The summed E-state index contributed by atoms with van der Waals surface area (Å²) in [5.74, 6) is 0. The van der Waals surface area contributed by atoms with Crippen LogP contribution in [0.1, 0.15) is 19.9 Å². The van der Waals surface area contributed by atoms with Crippen molar-refractivity contribution in [1.82, 2.24) is 9.47 Å². The number of benzene rings is 2. The second kappa shape index (κ2) is 4.80. The molecule has 112 valence electrons. The molecule has 4 rings (SSSR count). The van der Waals surface area contributed by atoms with E-state index in [0.717, 1.165) is 6.67 Å². The molecule has 0 unspecified atom stereocenters. The molecule has 3 aromatic rings. The van der Waals surface area contributed by atoms with Crippen molar-refractivity contribution in [3.63, 3.8) is 0 Å². The van der Waals surface area contributed by atoms with Gasteiger partial charge in [0.25, 0.3) is 0 Å². The summed E-state index contributed by atoms with van der Waals surface area (Å²) in [5, 5.41) is 2.68. The van der Waals surface area contributed by atoms with E-state index in [1.165, 1.54) is 27.5 Å². The van der Waals surface area contributed by atoms with Crippen molar-refractivity contribution in [3.05, 3.63) is 54.9 Å². The summed E-state index contributed by atoms with van der Waals surface area (Å²) in [6.45, 7) is 5.41. The van der Waals surface area contributed by atoms with E-state index in [0.29, 0.717) is 6.04 Å². The molecule has 2 aromatic carbocycles. The van der Waals surface area contributed by atoms with Gasteiger partial charge >= 0.3 is 0 Å². The summed E-state index contributed by atoms with van der Waals surface area (Å²) >= 11 is 0. The van der Waals surface area contributed by atoms with Crippen LogP contribution in [0.25, 0.3) is 21.8 Å². The Bertz CT molecular complexity index is 873. The van der Waals surface area contributed by atoms with Crippen LogP contribution < -0.4 is 4.90 Å². The summed E-state index contributed by atoms with van der Waals surface area (Å²) in [5.41, 5.74) is 3.88. The van der Waals surface area contributed by atoms with Gasteiger partial charge < -0.3 is 14.4 Å². The average molecular weight is 291 g/mol. The lowest BCUT2D eigenvalue weighted by molar-refractivity contribution is 0.496. The van der Waals surface area contributed by atoms with Gasteiger partial charge in [-0.2, -0.15) is 0 Å². The lowest BCUT2D eigenvalue weighted by Crippen LogP contribution is -2.21. The SMILES string of the molecule is CC(C)n1c2ccccc2c2cc(N3C=CN(C)C3)ccc21. The molecule has 0 amide bonds. The van der Waals surface area contributed by atoms with Crippen LogP contribution in [0.5, 0.6) is 0 Å². The van der Waals surface area contributed by atoms with Crippen LogP contribution in [0.3, 0.4) is 0 Å². The lowest BCUT2D eigenvalue weighted by atomic mass is 10.1. The third kappa shape index (κ3) is 1.89. The standard InChI is InChI=1S/C19H21N3/c1-14(2)22-18-7-5-4-6-16(18)17-12-15(8-9-19(17)22)21-11-10-20(3)13-21/h4-12,14H,13H2,1-3H3. The van der Waals surface area contributed by atoms with Gasteiger partial charge in [0.1, 0.15) is 0 Å². The van der Waals surface area contributed by atoms with E-state index >= 15 is 0 Å². The maximum Gasteiger partial charge on any atom is 0.0938 e. The lowest BCUT2D eigenvalue weighted by Gasteiger charge is -2.18. The summed E-state index contributed by atoms with van der Waals surface area (Å²) in [7, 11) is 2.10. The predicted molar refractivity (Wildman–Crippen MR) is 94.1 cm³/mol. The Morgan fingerprint density at radius 1 is 0.909 bits per heavy atom. The molecule has 0 saturated carbocycles. The first-order valence-corrected chi connectivity index (χ1v) is 7.83. The summed E-state index contributed by atoms with van der Waals surface area (Å²) in [6.07, 6.45) is 4.25. The Balaban J connectivity index is 1.96. The number of fused-ring (bicyclic) bond motifs is 3. The van der Waals surface area contributed by atoms with E-state index in [1.807, 2.05) is 0 Å². The van der Waals surface area contributed by atoms with Gasteiger partial charge in [-0.15, -0.1) is 0 Å². The molecule has 1 aliphatic rings. The van der Waals surface area contributed by atoms with Crippen molar-refractivity contribution in [3.8, 4) is 0 Å². The summed E-state index contributed by atoms with van der Waals surface area (Å²) < 4.78 is 2.43. The van der Waals surface area contributed by atoms with Crippen molar-refractivity contribution >= 4 is 27.5 Å². The van der Waals surface area contributed by atoms with Crippen LogP contribution in [0.2, 0.25) is 0 Å². The topological polar surface area (TPSA) is 11.4 Å². The van der Waals surface area contributed by atoms with Crippen LogP contribution in [0, 0.1) is 0 Å². The highest BCUT2D eigenvalue weighted by Gasteiger charge is 2.15. The van der Waals surface area contributed by atoms with Crippen molar-refractivity contribution in [1.29, 1.82) is 0 Å². The molecule has 0 saturated heterocycles. The van der Waals surface area contributed by atoms with E-state index < -0.39 is 0 Å². The molecule has 0 atom stereocenters. The molecule has 0 radical (unpaired) electrons. The molecular weight excluding hydrogens is 270 g/mol. The quantitative estimate of drug-likeness (QED) is 0.686. The first-order chi connectivity index (χ1) is 10.6. The van der Waals surface area contributed by atoms with Crippen molar-refractivity contribution in [2.24, 2.45) is 0 Å². The molecule has 0 aliphatic carbocycles. The molecule has 3 heteroatoms. The fraction of sp³-hybridized carbons (Fsp3) is 0.263. The number of hydrogen-bond donors (Lipinski definition) is 0. The number of aromatic nitrogens is 1. The van der Waals surface area contributed by atoms with E-state index in [9.17, 15) is 0 Å². The van der Waals surface area contributed by atoms with E-state index in [1.54, 1.807) is 0 Å².